The van der Waals surface area contributed by atoms with E-state index in [-0.39, 0.29) is 31.8 Å². The highest BCUT2D eigenvalue weighted by atomic mass is 19.1. The van der Waals surface area contributed by atoms with Crippen molar-refractivity contribution in [3.63, 3.8) is 0 Å². The van der Waals surface area contributed by atoms with Crippen LogP contribution >= 0.6 is 0 Å². The molecule has 1 amide bonds. The Balaban J connectivity index is 1.71. The molecule has 120 valence electrons. The number of carboxylic acid groups (broad SMARTS) is 1. The Morgan fingerprint density at radius 2 is 2.23 bits per heavy atom. The van der Waals surface area contributed by atoms with Crippen LogP contribution in [0.3, 0.4) is 0 Å². The Labute approximate surface area is 128 Å². The van der Waals surface area contributed by atoms with Gasteiger partial charge in [0.15, 0.2) is 0 Å². The lowest BCUT2D eigenvalue weighted by atomic mass is 10.1. The zero-order chi connectivity index (χ0) is 16.2. The number of aryl methyl sites for hydroxylation is 1. The quantitative estimate of drug-likeness (QED) is 0.818. The number of rotatable bonds is 6. The lowest BCUT2D eigenvalue weighted by molar-refractivity contribution is -0.150. The van der Waals surface area contributed by atoms with E-state index in [1.54, 1.807) is 0 Å². The molecule has 1 aliphatic rings. The van der Waals surface area contributed by atoms with E-state index in [4.69, 9.17) is 9.84 Å². The molecule has 0 radical (unpaired) electrons. The molecule has 1 aliphatic heterocycles. The van der Waals surface area contributed by atoms with Crippen molar-refractivity contribution >= 4 is 11.9 Å². The number of carbonyl (C=O) groups excluding carboxylic acids is 1. The Morgan fingerprint density at radius 1 is 1.45 bits per heavy atom. The molecule has 0 spiro atoms. The van der Waals surface area contributed by atoms with Crippen molar-refractivity contribution in [2.45, 2.75) is 31.9 Å². The average molecular weight is 309 g/mol. The molecule has 1 N–H and O–H groups in total. The maximum atomic E-state index is 13.9. The normalized spacial score (nSPS) is 20.9. The van der Waals surface area contributed by atoms with E-state index in [1.807, 2.05) is 31.2 Å². The van der Waals surface area contributed by atoms with Crippen LogP contribution < -0.4 is 4.74 Å². The summed E-state index contributed by atoms with van der Waals surface area (Å²) in [6, 6.07) is 7.62. The number of halogens is 1. The van der Waals surface area contributed by atoms with Gasteiger partial charge in [0.25, 0.3) is 0 Å². The Morgan fingerprint density at radius 3 is 2.86 bits per heavy atom. The van der Waals surface area contributed by atoms with E-state index in [1.165, 1.54) is 4.90 Å². The predicted octanol–water partition coefficient (Wildman–Crippen LogP) is 2.18. The predicted molar refractivity (Wildman–Crippen MR) is 78.6 cm³/mol. The number of alkyl halides is 1. The number of likely N-dealkylation sites (tertiary alicyclic amines) is 1. The number of ether oxygens (including phenoxy) is 1. The third-order valence-corrected chi connectivity index (χ3v) is 3.75. The number of hydrogen-bond donors (Lipinski definition) is 1. The van der Waals surface area contributed by atoms with Gasteiger partial charge in [0.1, 0.15) is 5.75 Å². The van der Waals surface area contributed by atoms with Crippen LogP contribution in [-0.4, -0.2) is 47.2 Å². The number of hydrogen-bond acceptors (Lipinski definition) is 3. The minimum atomic E-state index is -2.30. The Hall–Kier alpha value is -2.11. The van der Waals surface area contributed by atoms with Crippen LogP contribution in [0.5, 0.6) is 5.75 Å². The highest BCUT2D eigenvalue weighted by Gasteiger charge is 2.46. The van der Waals surface area contributed by atoms with Gasteiger partial charge in [0, 0.05) is 19.4 Å². The van der Waals surface area contributed by atoms with Crippen molar-refractivity contribution in [2.75, 3.05) is 19.7 Å². The molecule has 1 fully saturated rings. The maximum absolute atomic E-state index is 13.9. The smallest absolute Gasteiger partial charge is 0.343 e. The van der Waals surface area contributed by atoms with E-state index >= 15 is 0 Å². The Bertz CT molecular complexity index is 563. The maximum Gasteiger partial charge on any atom is 0.343 e. The number of aliphatic carboxylic acids is 1. The van der Waals surface area contributed by atoms with Crippen LogP contribution in [0.4, 0.5) is 4.39 Å². The van der Waals surface area contributed by atoms with Gasteiger partial charge < -0.3 is 14.7 Å². The molecule has 0 bridgehead atoms. The number of nitrogens with zero attached hydrogens (tertiary/aromatic N) is 1. The van der Waals surface area contributed by atoms with Crippen LogP contribution in [0, 0.1) is 6.92 Å². The summed E-state index contributed by atoms with van der Waals surface area (Å²) >= 11 is 0. The van der Waals surface area contributed by atoms with Gasteiger partial charge in [-0.3, -0.25) is 4.79 Å². The minimum Gasteiger partial charge on any atom is -0.494 e. The van der Waals surface area contributed by atoms with Gasteiger partial charge in [0.05, 0.1) is 13.2 Å². The molecule has 1 aromatic rings. The SMILES string of the molecule is Cc1cccc(OCCCC(=O)N2CCC(F)(C(=O)O)C2)c1. The van der Waals surface area contributed by atoms with E-state index < -0.39 is 11.6 Å². The van der Waals surface area contributed by atoms with Crippen molar-refractivity contribution < 1.29 is 23.8 Å². The van der Waals surface area contributed by atoms with Crippen molar-refractivity contribution in [1.82, 2.24) is 4.90 Å². The number of carboxylic acids is 1. The fourth-order valence-corrected chi connectivity index (χ4v) is 2.44. The molecular weight excluding hydrogens is 289 g/mol. The van der Waals surface area contributed by atoms with Gasteiger partial charge in [-0.15, -0.1) is 0 Å². The van der Waals surface area contributed by atoms with Gasteiger partial charge in [-0.1, -0.05) is 12.1 Å². The first-order valence-corrected chi connectivity index (χ1v) is 7.30. The van der Waals surface area contributed by atoms with Crippen molar-refractivity contribution in [2.24, 2.45) is 0 Å². The molecule has 1 unspecified atom stereocenters. The van der Waals surface area contributed by atoms with Crippen molar-refractivity contribution in [3.8, 4) is 5.75 Å². The van der Waals surface area contributed by atoms with Crippen LogP contribution in [-0.2, 0) is 9.59 Å². The monoisotopic (exact) mass is 309 g/mol. The first kappa shape index (κ1) is 16.3. The molecule has 1 heterocycles. The summed E-state index contributed by atoms with van der Waals surface area (Å²) in [5.41, 5.74) is -1.20. The van der Waals surface area contributed by atoms with Crippen LogP contribution in [0.25, 0.3) is 0 Å². The largest absolute Gasteiger partial charge is 0.494 e. The second kappa shape index (κ2) is 6.77. The summed E-state index contributed by atoms with van der Waals surface area (Å²) in [5, 5.41) is 8.80. The third kappa shape index (κ3) is 3.96. The van der Waals surface area contributed by atoms with E-state index in [0.717, 1.165) is 11.3 Å². The molecular formula is C16H20FNO4. The van der Waals surface area contributed by atoms with Gasteiger partial charge in [-0.25, -0.2) is 9.18 Å². The fourth-order valence-electron chi connectivity index (χ4n) is 2.44. The van der Waals surface area contributed by atoms with Crippen LogP contribution in [0.2, 0.25) is 0 Å². The summed E-state index contributed by atoms with van der Waals surface area (Å²) < 4.78 is 19.4. The molecule has 22 heavy (non-hydrogen) atoms. The van der Waals surface area contributed by atoms with Crippen LogP contribution in [0.1, 0.15) is 24.8 Å². The van der Waals surface area contributed by atoms with Gasteiger partial charge >= 0.3 is 5.97 Å². The van der Waals surface area contributed by atoms with Gasteiger partial charge in [0.2, 0.25) is 11.6 Å². The molecule has 0 saturated carbocycles. The van der Waals surface area contributed by atoms with Crippen molar-refractivity contribution in [3.05, 3.63) is 29.8 Å². The highest BCUT2D eigenvalue weighted by molar-refractivity contribution is 5.82. The van der Waals surface area contributed by atoms with E-state index in [0.29, 0.717) is 13.0 Å². The highest BCUT2D eigenvalue weighted by Crippen LogP contribution is 2.26. The minimum absolute atomic E-state index is 0.145. The first-order valence-electron chi connectivity index (χ1n) is 7.30. The Kier molecular flexibility index (Phi) is 5.00. The number of carbonyl (C=O) groups is 2. The third-order valence-electron chi connectivity index (χ3n) is 3.75. The topological polar surface area (TPSA) is 66.8 Å². The first-order chi connectivity index (χ1) is 10.4. The molecule has 1 atom stereocenters. The average Bonchev–Trinajstić information content (AvgIpc) is 2.88. The fraction of sp³-hybridized carbons (Fsp3) is 0.500. The zero-order valence-corrected chi connectivity index (χ0v) is 12.5. The summed E-state index contributed by atoms with van der Waals surface area (Å²) in [6.07, 6.45) is 0.588. The second-order valence-corrected chi connectivity index (χ2v) is 5.60. The molecule has 5 nitrogen and oxygen atoms in total. The summed E-state index contributed by atoms with van der Waals surface area (Å²) in [4.78, 5) is 24.0. The summed E-state index contributed by atoms with van der Waals surface area (Å²) in [5.74, 6) is -0.971. The lowest BCUT2D eigenvalue weighted by Crippen LogP contribution is -2.38. The van der Waals surface area contributed by atoms with Crippen molar-refractivity contribution in [1.29, 1.82) is 0 Å². The molecule has 0 aromatic heterocycles. The number of amides is 1. The summed E-state index contributed by atoms with van der Waals surface area (Å²) in [7, 11) is 0. The lowest BCUT2D eigenvalue weighted by Gasteiger charge is -2.17. The van der Waals surface area contributed by atoms with E-state index in [9.17, 15) is 14.0 Å². The zero-order valence-electron chi connectivity index (χ0n) is 12.5. The standard InChI is InChI=1S/C16H20FNO4/c1-12-4-2-5-13(10-12)22-9-3-6-14(19)18-8-7-16(17,11-18)15(20)21/h2,4-5,10H,3,6-9,11H2,1H3,(H,20,21). The number of benzene rings is 1. The molecule has 1 aromatic carbocycles. The van der Waals surface area contributed by atoms with Gasteiger partial charge in [-0.05, 0) is 31.0 Å². The van der Waals surface area contributed by atoms with Gasteiger partial charge in [-0.2, -0.15) is 0 Å². The van der Waals surface area contributed by atoms with E-state index in [2.05, 4.69) is 0 Å². The van der Waals surface area contributed by atoms with Crippen LogP contribution in [0.15, 0.2) is 24.3 Å². The second-order valence-electron chi connectivity index (χ2n) is 5.60. The molecule has 6 heteroatoms. The molecule has 1 saturated heterocycles. The molecule has 0 aliphatic carbocycles. The molecule has 2 rings (SSSR count). The summed E-state index contributed by atoms with van der Waals surface area (Å²) in [6.45, 7) is 2.15.